The maximum atomic E-state index is 12.1. The highest BCUT2D eigenvalue weighted by Gasteiger charge is 2.21. The molecule has 9 heteroatoms. The molecule has 9 nitrogen and oxygen atoms in total. The summed E-state index contributed by atoms with van der Waals surface area (Å²) in [6.07, 6.45) is 2.36. The molecule has 0 aliphatic rings. The average Bonchev–Trinajstić information content (AvgIpc) is 3.10. The summed E-state index contributed by atoms with van der Waals surface area (Å²) in [5.74, 6) is 0. The number of nitro benzene ring substituents is 1. The summed E-state index contributed by atoms with van der Waals surface area (Å²) in [6, 6.07) is 4.53. The molecular weight excluding hydrogens is 326 g/mol. The second-order valence-corrected chi connectivity index (χ2v) is 6.58. The molecule has 0 saturated carbocycles. The molecule has 0 unspecified atom stereocenters. The molecule has 2 heterocycles. The lowest BCUT2D eigenvalue weighted by molar-refractivity contribution is -0.384. The van der Waals surface area contributed by atoms with Crippen molar-refractivity contribution in [2.24, 2.45) is 7.05 Å². The Morgan fingerprint density at radius 1 is 1.32 bits per heavy atom. The molecule has 2 aromatic heterocycles. The van der Waals surface area contributed by atoms with Gasteiger partial charge < -0.3 is 4.74 Å². The van der Waals surface area contributed by atoms with E-state index in [2.05, 4.69) is 10.2 Å². The number of nitro groups is 1. The fraction of sp³-hybridized carbons (Fsp3) is 0.312. The van der Waals surface area contributed by atoms with Crippen LogP contribution in [0.3, 0.4) is 0 Å². The van der Waals surface area contributed by atoms with Crippen LogP contribution in [-0.2, 0) is 11.8 Å². The highest BCUT2D eigenvalue weighted by molar-refractivity contribution is 5.94. The van der Waals surface area contributed by atoms with Gasteiger partial charge in [0.15, 0.2) is 0 Å². The molecule has 0 aliphatic carbocycles. The van der Waals surface area contributed by atoms with Gasteiger partial charge in [-0.3, -0.25) is 14.8 Å². The van der Waals surface area contributed by atoms with Crippen LogP contribution in [0.1, 0.15) is 20.8 Å². The molecule has 0 saturated heterocycles. The highest BCUT2D eigenvalue weighted by Crippen LogP contribution is 2.30. The second-order valence-electron chi connectivity index (χ2n) is 6.58. The van der Waals surface area contributed by atoms with Gasteiger partial charge in [0, 0.05) is 36.3 Å². The molecule has 0 bridgehead atoms. The summed E-state index contributed by atoms with van der Waals surface area (Å²) in [4.78, 5) is 22.6. The number of nitrogens with zero attached hydrogens (tertiary/aromatic N) is 5. The Morgan fingerprint density at radius 3 is 2.68 bits per heavy atom. The monoisotopic (exact) mass is 343 g/mol. The van der Waals surface area contributed by atoms with Crippen LogP contribution in [0.2, 0.25) is 0 Å². The maximum absolute atomic E-state index is 12.1. The first-order chi connectivity index (χ1) is 11.7. The van der Waals surface area contributed by atoms with E-state index in [9.17, 15) is 14.9 Å². The van der Waals surface area contributed by atoms with Gasteiger partial charge in [0.25, 0.3) is 5.69 Å². The topological polar surface area (TPSA) is 105 Å². The van der Waals surface area contributed by atoms with E-state index in [0.29, 0.717) is 16.6 Å². The first-order valence-corrected chi connectivity index (χ1v) is 7.55. The molecule has 0 N–H and O–H groups in total. The molecule has 0 radical (unpaired) electrons. The average molecular weight is 343 g/mol. The summed E-state index contributed by atoms with van der Waals surface area (Å²) in [5.41, 5.74) is 1.15. The summed E-state index contributed by atoms with van der Waals surface area (Å²) < 4.78 is 7.97. The quantitative estimate of drug-likeness (QED) is 0.523. The number of aryl methyl sites for hydroxylation is 1. The Bertz CT molecular complexity index is 980. The van der Waals surface area contributed by atoms with Crippen molar-refractivity contribution in [1.82, 2.24) is 19.6 Å². The van der Waals surface area contributed by atoms with Gasteiger partial charge >= 0.3 is 6.09 Å². The van der Waals surface area contributed by atoms with Crippen molar-refractivity contribution in [1.29, 1.82) is 0 Å². The molecule has 0 atom stereocenters. The molecule has 3 rings (SSSR count). The van der Waals surface area contributed by atoms with Crippen LogP contribution in [0.25, 0.3) is 22.2 Å². The van der Waals surface area contributed by atoms with Gasteiger partial charge in [-0.15, -0.1) is 0 Å². The van der Waals surface area contributed by atoms with Crippen LogP contribution in [0.4, 0.5) is 10.5 Å². The third-order valence-electron chi connectivity index (χ3n) is 3.48. The number of non-ortho nitro benzene ring substituents is 1. The zero-order chi connectivity index (χ0) is 18.4. The number of benzene rings is 1. The normalized spacial score (nSPS) is 11.7. The molecule has 25 heavy (non-hydrogen) atoms. The number of rotatable bonds is 2. The van der Waals surface area contributed by atoms with E-state index in [-0.39, 0.29) is 5.69 Å². The minimum atomic E-state index is -0.637. The van der Waals surface area contributed by atoms with Crippen molar-refractivity contribution >= 4 is 22.7 Å². The Kier molecular flexibility index (Phi) is 3.78. The van der Waals surface area contributed by atoms with Gasteiger partial charge in [-0.1, -0.05) is 0 Å². The van der Waals surface area contributed by atoms with Crippen LogP contribution in [0.5, 0.6) is 0 Å². The van der Waals surface area contributed by atoms with Crippen molar-refractivity contribution in [2.75, 3.05) is 0 Å². The van der Waals surface area contributed by atoms with E-state index in [1.165, 1.54) is 24.5 Å². The zero-order valence-corrected chi connectivity index (χ0v) is 14.3. The van der Waals surface area contributed by atoms with Crippen LogP contribution in [0.15, 0.2) is 30.6 Å². The van der Waals surface area contributed by atoms with Crippen LogP contribution in [-0.4, -0.2) is 36.2 Å². The number of aromatic nitrogens is 4. The highest BCUT2D eigenvalue weighted by atomic mass is 16.6. The lowest BCUT2D eigenvalue weighted by Crippen LogP contribution is -2.27. The summed E-state index contributed by atoms with van der Waals surface area (Å²) in [6.45, 7) is 5.29. The number of carbonyl (C=O) groups excluding carboxylic acids is 1. The molecule has 1 aromatic carbocycles. The Balaban J connectivity index is 2.04. The van der Waals surface area contributed by atoms with Gasteiger partial charge in [0.1, 0.15) is 11.3 Å². The third-order valence-corrected chi connectivity index (χ3v) is 3.48. The lowest BCUT2D eigenvalue weighted by Gasteiger charge is -2.18. The molecule has 0 aliphatic heterocycles. The zero-order valence-electron chi connectivity index (χ0n) is 14.3. The molecule has 0 amide bonds. The number of hydrogen-bond donors (Lipinski definition) is 0. The number of ether oxygens (including phenoxy) is 1. The van der Waals surface area contributed by atoms with Crippen LogP contribution in [0, 0.1) is 10.1 Å². The summed E-state index contributed by atoms with van der Waals surface area (Å²) >= 11 is 0. The molecule has 130 valence electrons. The smallest absolute Gasteiger partial charge is 0.435 e. The van der Waals surface area contributed by atoms with Crippen molar-refractivity contribution in [3.63, 3.8) is 0 Å². The van der Waals surface area contributed by atoms with E-state index >= 15 is 0 Å². The molecule has 0 spiro atoms. The molecule has 0 fully saturated rings. The van der Waals surface area contributed by atoms with E-state index in [1.807, 2.05) is 0 Å². The summed E-state index contributed by atoms with van der Waals surface area (Å²) in [7, 11) is 1.75. The minimum absolute atomic E-state index is 0.0266. The molecular formula is C16H17N5O4. The van der Waals surface area contributed by atoms with E-state index < -0.39 is 16.6 Å². The fourth-order valence-electron chi connectivity index (χ4n) is 2.43. The Labute approximate surface area is 143 Å². The third kappa shape index (κ3) is 3.21. The van der Waals surface area contributed by atoms with Gasteiger partial charge in [0.2, 0.25) is 0 Å². The van der Waals surface area contributed by atoms with Gasteiger partial charge in [-0.05, 0) is 26.8 Å². The van der Waals surface area contributed by atoms with E-state index in [0.717, 1.165) is 10.2 Å². The fourth-order valence-corrected chi connectivity index (χ4v) is 2.43. The number of carbonyl (C=O) groups is 1. The van der Waals surface area contributed by atoms with Crippen molar-refractivity contribution in [3.8, 4) is 11.3 Å². The Morgan fingerprint density at radius 2 is 2.04 bits per heavy atom. The van der Waals surface area contributed by atoms with Gasteiger partial charge in [-0.2, -0.15) is 14.9 Å². The predicted molar refractivity (Wildman–Crippen MR) is 90.2 cm³/mol. The largest absolute Gasteiger partial charge is 0.442 e. The van der Waals surface area contributed by atoms with Crippen LogP contribution < -0.4 is 0 Å². The van der Waals surface area contributed by atoms with E-state index in [4.69, 9.17) is 4.74 Å². The molecule has 3 aromatic rings. The van der Waals surface area contributed by atoms with E-state index in [1.54, 1.807) is 38.6 Å². The first-order valence-electron chi connectivity index (χ1n) is 7.55. The van der Waals surface area contributed by atoms with Crippen LogP contribution >= 0.6 is 0 Å². The van der Waals surface area contributed by atoms with Gasteiger partial charge in [-0.25, -0.2) is 4.79 Å². The van der Waals surface area contributed by atoms with Crippen molar-refractivity contribution < 1.29 is 14.5 Å². The minimum Gasteiger partial charge on any atom is -0.442 e. The van der Waals surface area contributed by atoms with Crippen molar-refractivity contribution in [3.05, 3.63) is 40.7 Å². The second kappa shape index (κ2) is 5.69. The summed E-state index contributed by atoms with van der Waals surface area (Å²) in [5, 5.41) is 20.0. The lowest BCUT2D eigenvalue weighted by atomic mass is 10.1. The predicted octanol–water partition coefficient (Wildman–Crippen LogP) is 3.13. The van der Waals surface area contributed by atoms with Crippen molar-refractivity contribution in [2.45, 2.75) is 26.4 Å². The number of fused-ring (bicyclic) bond motifs is 1. The SMILES string of the molecule is Cn1nc(-c2cnn(C(=O)OC(C)(C)C)c2)c2cc([N+](=O)[O-])ccc21. The maximum Gasteiger partial charge on any atom is 0.435 e. The first kappa shape index (κ1) is 16.6. The van der Waals surface area contributed by atoms with Gasteiger partial charge in [0.05, 0.1) is 16.6 Å². The standard InChI is InChI=1S/C16H17N5O4/c1-16(2,3)25-15(22)20-9-10(8-17-20)14-12-7-11(21(23)24)5-6-13(12)19(4)18-14/h5-9H,1-4H3. The number of hydrogen-bond acceptors (Lipinski definition) is 6. The Hall–Kier alpha value is -3.23.